The Morgan fingerprint density at radius 2 is 1.43 bits per heavy atom. The van der Waals surface area contributed by atoms with E-state index >= 15 is 0 Å². The zero-order chi connectivity index (χ0) is 15.8. The number of hydrogen-bond acceptors (Lipinski definition) is 4. The molecule has 4 atom stereocenters. The number of ether oxygens (including phenoxy) is 2. The van der Waals surface area contributed by atoms with Crippen LogP contribution >= 0.6 is 0 Å². The van der Waals surface area contributed by atoms with Gasteiger partial charge in [-0.3, -0.25) is 9.59 Å². The van der Waals surface area contributed by atoms with Crippen LogP contribution in [-0.2, 0) is 19.1 Å². The van der Waals surface area contributed by atoms with Gasteiger partial charge in [-0.25, -0.2) is 0 Å². The molecule has 1 fully saturated rings. The Balaban J connectivity index is 2.84. The minimum atomic E-state index is -0.336. The van der Waals surface area contributed by atoms with Crippen molar-refractivity contribution in [2.75, 3.05) is 13.2 Å². The van der Waals surface area contributed by atoms with E-state index in [4.69, 9.17) is 9.47 Å². The highest BCUT2D eigenvalue weighted by molar-refractivity contribution is 5.83. The van der Waals surface area contributed by atoms with Gasteiger partial charge in [-0.1, -0.05) is 34.1 Å². The van der Waals surface area contributed by atoms with Crippen LogP contribution in [0.1, 0.15) is 59.8 Å². The first-order valence-electron chi connectivity index (χ1n) is 8.39. The van der Waals surface area contributed by atoms with E-state index in [1.165, 1.54) is 0 Å². The maximum Gasteiger partial charge on any atom is 0.310 e. The highest BCUT2D eigenvalue weighted by Crippen LogP contribution is 2.45. The highest BCUT2D eigenvalue weighted by Gasteiger charge is 2.49. The molecule has 1 rings (SSSR count). The summed E-state index contributed by atoms with van der Waals surface area (Å²) in [5.41, 5.74) is 0. The van der Waals surface area contributed by atoms with E-state index in [-0.39, 0.29) is 35.6 Å². The molecule has 0 radical (unpaired) electrons. The normalized spacial score (nSPS) is 28.4. The van der Waals surface area contributed by atoms with Crippen molar-refractivity contribution in [1.29, 1.82) is 0 Å². The van der Waals surface area contributed by atoms with Crippen LogP contribution in [0.3, 0.4) is 0 Å². The Hall–Kier alpha value is -1.06. The summed E-state index contributed by atoms with van der Waals surface area (Å²) < 4.78 is 10.6. The molecule has 1 aliphatic rings. The van der Waals surface area contributed by atoms with Crippen LogP contribution in [0.25, 0.3) is 0 Å². The smallest absolute Gasteiger partial charge is 0.310 e. The third-order valence-corrected chi connectivity index (χ3v) is 4.28. The predicted molar refractivity (Wildman–Crippen MR) is 81.7 cm³/mol. The molecule has 0 bridgehead atoms. The molecule has 0 heterocycles. The summed E-state index contributed by atoms with van der Waals surface area (Å²) in [6, 6.07) is 0. The van der Waals surface area contributed by atoms with E-state index in [0.717, 1.165) is 32.1 Å². The molecule has 0 amide bonds. The highest BCUT2D eigenvalue weighted by atomic mass is 16.5. The first kappa shape index (κ1) is 18.0. The zero-order valence-corrected chi connectivity index (χ0v) is 13.9. The van der Waals surface area contributed by atoms with Crippen LogP contribution in [0.15, 0.2) is 0 Å². The average molecular weight is 298 g/mol. The molecule has 0 aromatic rings. The predicted octanol–water partition coefficient (Wildman–Crippen LogP) is 3.58. The van der Waals surface area contributed by atoms with Crippen LogP contribution in [0.2, 0.25) is 0 Å². The van der Waals surface area contributed by atoms with Gasteiger partial charge in [-0.05, 0) is 37.5 Å². The van der Waals surface area contributed by atoms with Crippen LogP contribution in [0, 0.1) is 23.7 Å². The SMILES string of the molecule is CCCOC(=O)C1C(C)CC(CCC)C1C(=O)OCCC. The number of carbonyl (C=O) groups is 2. The van der Waals surface area contributed by atoms with E-state index in [0.29, 0.717) is 13.2 Å². The summed E-state index contributed by atoms with van der Waals surface area (Å²) in [5.74, 6) is -0.661. The first-order valence-corrected chi connectivity index (χ1v) is 8.39. The molecule has 0 aliphatic heterocycles. The van der Waals surface area contributed by atoms with Gasteiger partial charge in [0.15, 0.2) is 0 Å². The van der Waals surface area contributed by atoms with Gasteiger partial charge < -0.3 is 9.47 Å². The second-order valence-electron chi connectivity index (χ2n) is 6.15. The monoisotopic (exact) mass is 298 g/mol. The minimum absolute atomic E-state index is 0.185. The Labute approximate surface area is 128 Å². The Bertz CT molecular complexity index is 340. The lowest BCUT2D eigenvalue weighted by Gasteiger charge is -2.23. The van der Waals surface area contributed by atoms with E-state index in [1.807, 2.05) is 20.8 Å². The third kappa shape index (κ3) is 4.72. The quantitative estimate of drug-likeness (QED) is 0.643. The lowest BCUT2D eigenvalue weighted by molar-refractivity contribution is -0.162. The van der Waals surface area contributed by atoms with E-state index in [1.54, 1.807) is 0 Å². The molecule has 0 aromatic carbocycles. The summed E-state index contributed by atoms with van der Waals surface area (Å²) in [6.07, 6.45) is 4.50. The largest absolute Gasteiger partial charge is 0.465 e. The molecule has 1 aliphatic carbocycles. The average Bonchev–Trinajstić information content (AvgIpc) is 2.79. The molecule has 0 aromatic heterocycles. The topological polar surface area (TPSA) is 52.6 Å². The molecule has 1 saturated carbocycles. The Kier molecular flexibility index (Phi) is 7.76. The summed E-state index contributed by atoms with van der Waals surface area (Å²) in [6.45, 7) is 8.96. The first-order chi connectivity index (χ1) is 10.1. The molecule has 122 valence electrons. The Morgan fingerprint density at radius 3 is 1.90 bits per heavy atom. The fraction of sp³-hybridized carbons (Fsp3) is 0.882. The standard InChI is InChI=1S/C17H30O4/c1-5-8-13-11-12(4)14(16(18)20-9-6-2)15(13)17(19)21-10-7-3/h12-15H,5-11H2,1-4H3. The summed E-state index contributed by atoms with van der Waals surface area (Å²) in [4.78, 5) is 24.7. The van der Waals surface area contributed by atoms with Gasteiger partial charge in [-0.2, -0.15) is 0 Å². The zero-order valence-electron chi connectivity index (χ0n) is 13.9. The molecule has 0 spiro atoms. The van der Waals surface area contributed by atoms with Crippen LogP contribution in [0.5, 0.6) is 0 Å². The lowest BCUT2D eigenvalue weighted by Crippen LogP contribution is -2.34. The molecule has 21 heavy (non-hydrogen) atoms. The van der Waals surface area contributed by atoms with Gasteiger partial charge in [-0.15, -0.1) is 0 Å². The second-order valence-corrected chi connectivity index (χ2v) is 6.15. The van der Waals surface area contributed by atoms with Crippen molar-refractivity contribution in [2.24, 2.45) is 23.7 Å². The van der Waals surface area contributed by atoms with E-state index in [2.05, 4.69) is 6.92 Å². The molecular formula is C17H30O4. The van der Waals surface area contributed by atoms with Crippen molar-refractivity contribution in [3.63, 3.8) is 0 Å². The van der Waals surface area contributed by atoms with Crippen molar-refractivity contribution < 1.29 is 19.1 Å². The summed E-state index contributed by atoms with van der Waals surface area (Å²) in [7, 11) is 0. The van der Waals surface area contributed by atoms with Crippen LogP contribution < -0.4 is 0 Å². The number of hydrogen-bond donors (Lipinski definition) is 0. The summed E-state index contributed by atoms with van der Waals surface area (Å²) in [5, 5.41) is 0. The number of carbonyl (C=O) groups excluding carboxylic acids is 2. The maximum absolute atomic E-state index is 12.4. The second kappa shape index (κ2) is 9.06. The van der Waals surface area contributed by atoms with E-state index in [9.17, 15) is 9.59 Å². The molecule has 4 heteroatoms. The fourth-order valence-corrected chi connectivity index (χ4v) is 3.40. The summed E-state index contributed by atoms with van der Waals surface area (Å²) >= 11 is 0. The Morgan fingerprint density at radius 1 is 0.905 bits per heavy atom. The fourth-order valence-electron chi connectivity index (χ4n) is 3.40. The van der Waals surface area contributed by atoms with Crippen molar-refractivity contribution in [2.45, 2.75) is 59.8 Å². The third-order valence-electron chi connectivity index (χ3n) is 4.28. The van der Waals surface area contributed by atoms with Crippen molar-refractivity contribution >= 4 is 11.9 Å². The number of esters is 2. The molecule has 0 saturated heterocycles. The van der Waals surface area contributed by atoms with Gasteiger partial charge in [0.05, 0.1) is 25.0 Å². The van der Waals surface area contributed by atoms with Crippen molar-refractivity contribution in [1.82, 2.24) is 0 Å². The molecule has 4 unspecified atom stereocenters. The van der Waals surface area contributed by atoms with Crippen LogP contribution in [0.4, 0.5) is 0 Å². The van der Waals surface area contributed by atoms with Gasteiger partial charge in [0, 0.05) is 0 Å². The number of rotatable bonds is 8. The van der Waals surface area contributed by atoms with Crippen LogP contribution in [-0.4, -0.2) is 25.2 Å². The molecule has 0 N–H and O–H groups in total. The van der Waals surface area contributed by atoms with Crippen molar-refractivity contribution in [3.8, 4) is 0 Å². The van der Waals surface area contributed by atoms with Gasteiger partial charge in [0.25, 0.3) is 0 Å². The van der Waals surface area contributed by atoms with Gasteiger partial charge in [0.1, 0.15) is 0 Å². The lowest BCUT2D eigenvalue weighted by atomic mass is 9.85. The van der Waals surface area contributed by atoms with E-state index < -0.39 is 0 Å². The van der Waals surface area contributed by atoms with Gasteiger partial charge in [0.2, 0.25) is 0 Å². The maximum atomic E-state index is 12.4. The molecular weight excluding hydrogens is 268 g/mol. The van der Waals surface area contributed by atoms with Gasteiger partial charge >= 0.3 is 11.9 Å². The minimum Gasteiger partial charge on any atom is -0.465 e. The van der Waals surface area contributed by atoms with Crippen molar-refractivity contribution in [3.05, 3.63) is 0 Å². The molecule has 4 nitrogen and oxygen atoms in total.